The topological polar surface area (TPSA) is 75.7 Å². The molecule has 0 saturated carbocycles. The molecule has 0 radical (unpaired) electrons. The first-order chi connectivity index (χ1) is 10.9. The summed E-state index contributed by atoms with van der Waals surface area (Å²) < 4.78 is 4.17. The monoisotopic (exact) mass is 335 g/mol. The molecule has 23 heavy (non-hydrogen) atoms. The van der Waals surface area contributed by atoms with Gasteiger partial charge in [0.25, 0.3) is 5.56 Å². The second-order valence-corrected chi connectivity index (χ2v) is 7.04. The van der Waals surface area contributed by atoms with Crippen LogP contribution in [0.4, 0.5) is 0 Å². The van der Waals surface area contributed by atoms with Gasteiger partial charge in [-0.3, -0.25) is 18.7 Å². The van der Waals surface area contributed by atoms with Crippen molar-refractivity contribution in [3.63, 3.8) is 0 Å². The number of aromatic nitrogens is 4. The molecule has 0 amide bonds. The van der Waals surface area contributed by atoms with Crippen molar-refractivity contribution in [2.45, 2.75) is 39.5 Å². The normalized spacial score (nSPS) is 13.7. The fourth-order valence-electron chi connectivity index (χ4n) is 2.73. The van der Waals surface area contributed by atoms with E-state index < -0.39 is 6.10 Å². The molecule has 0 aromatic carbocycles. The molecule has 3 heterocycles. The summed E-state index contributed by atoms with van der Waals surface area (Å²) in [5.41, 5.74) is 0.792. The molecule has 1 atom stereocenters. The third-order valence-electron chi connectivity index (χ3n) is 3.97. The highest BCUT2D eigenvalue weighted by Gasteiger charge is 2.19. The van der Waals surface area contributed by atoms with E-state index >= 15 is 0 Å². The fraction of sp³-hybridized carbons (Fsp3) is 0.533. The number of thiophene rings is 1. The molecule has 8 heteroatoms. The first kappa shape index (κ1) is 16.1. The lowest BCUT2D eigenvalue weighted by Gasteiger charge is -2.26. The zero-order chi connectivity index (χ0) is 16.7. The number of fused-ring (bicyclic) bond motifs is 3. The van der Waals surface area contributed by atoms with Gasteiger partial charge in [-0.2, -0.15) is 0 Å². The minimum absolute atomic E-state index is 0.0499. The highest BCUT2D eigenvalue weighted by atomic mass is 32.1. The summed E-state index contributed by atoms with van der Waals surface area (Å²) in [6.45, 7) is 7.07. The maximum atomic E-state index is 12.3. The van der Waals surface area contributed by atoms with Crippen molar-refractivity contribution in [2.75, 3.05) is 6.54 Å². The van der Waals surface area contributed by atoms with Crippen LogP contribution in [0.1, 0.15) is 26.6 Å². The van der Waals surface area contributed by atoms with Crippen molar-refractivity contribution in [1.29, 1.82) is 0 Å². The first-order valence-electron chi connectivity index (χ1n) is 7.62. The summed E-state index contributed by atoms with van der Waals surface area (Å²) in [6.07, 6.45) is -0.415. The van der Waals surface area contributed by atoms with E-state index in [-0.39, 0.29) is 11.6 Å². The van der Waals surface area contributed by atoms with Crippen molar-refractivity contribution in [3.05, 3.63) is 27.6 Å². The van der Waals surface area contributed by atoms with E-state index in [2.05, 4.69) is 28.9 Å². The molecule has 0 aliphatic carbocycles. The summed E-state index contributed by atoms with van der Waals surface area (Å²) in [7, 11) is 1.71. The molecule has 0 saturated heterocycles. The molecule has 3 aromatic rings. The van der Waals surface area contributed by atoms with E-state index in [1.807, 2.05) is 15.8 Å². The molecular formula is C15H21N5O2S. The number of hydrogen-bond donors (Lipinski definition) is 1. The van der Waals surface area contributed by atoms with Crippen LogP contribution in [0.5, 0.6) is 0 Å². The van der Waals surface area contributed by atoms with E-state index in [1.54, 1.807) is 14.0 Å². The molecule has 0 aliphatic rings. The second-order valence-electron chi connectivity index (χ2n) is 6.12. The van der Waals surface area contributed by atoms with E-state index in [9.17, 15) is 9.90 Å². The number of aliphatic hydroxyl groups excluding tert-OH is 1. The lowest BCUT2D eigenvalue weighted by Crippen LogP contribution is -2.36. The highest BCUT2D eigenvalue weighted by Crippen LogP contribution is 2.20. The Morgan fingerprint density at radius 2 is 2.09 bits per heavy atom. The Morgan fingerprint density at radius 3 is 2.74 bits per heavy atom. The van der Waals surface area contributed by atoms with Crippen molar-refractivity contribution in [3.8, 4) is 0 Å². The minimum Gasteiger partial charge on any atom is -0.392 e. The van der Waals surface area contributed by atoms with E-state index in [4.69, 9.17) is 0 Å². The highest BCUT2D eigenvalue weighted by molar-refractivity contribution is 7.17. The number of aryl methyl sites for hydroxylation is 1. The van der Waals surface area contributed by atoms with Crippen LogP contribution < -0.4 is 5.56 Å². The number of rotatable bonds is 5. The van der Waals surface area contributed by atoms with Crippen LogP contribution in [-0.2, 0) is 13.6 Å². The van der Waals surface area contributed by atoms with Gasteiger partial charge in [-0.25, -0.2) is 0 Å². The van der Waals surface area contributed by atoms with Gasteiger partial charge >= 0.3 is 0 Å². The van der Waals surface area contributed by atoms with Gasteiger partial charge in [-0.05, 0) is 32.2 Å². The van der Waals surface area contributed by atoms with Crippen LogP contribution in [0, 0.1) is 0 Å². The molecule has 124 valence electrons. The van der Waals surface area contributed by atoms with Gasteiger partial charge in [0.05, 0.1) is 18.2 Å². The van der Waals surface area contributed by atoms with Gasteiger partial charge in [-0.15, -0.1) is 21.5 Å². The van der Waals surface area contributed by atoms with Gasteiger partial charge in [0, 0.05) is 19.6 Å². The van der Waals surface area contributed by atoms with Gasteiger partial charge < -0.3 is 5.11 Å². The van der Waals surface area contributed by atoms with Crippen molar-refractivity contribution in [2.24, 2.45) is 7.05 Å². The van der Waals surface area contributed by atoms with Crippen LogP contribution in [0.15, 0.2) is 16.2 Å². The largest absolute Gasteiger partial charge is 0.392 e. The third kappa shape index (κ3) is 2.77. The van der Waals surface area contributed by atoms with Crippen molar-refractivity contribution in [1.82, 2.24) is 24.1 Å². The maximum absolute atomic E-state index is 12.3. The van der Waals surface area contributed by atoms with Gasteiger partial charge in [0.2, 0.25) is 5.78 Å². The van der Waals surface area contributed by atoms with Gasteiger partial charge in [-0.1, -0.05) is 0 Å². The Morgan fingerprint density at radius 1 is 1.35 bits per heavy atom. The lowest BCUT2D eigenvalue weighted by atomic mass is 10.2. The molecule has 1 unspecified atom stereocenters. The average molecular weight is 335 g/mol. The van der Waals surface area contributed by atoms with Crippen LogP contribution >= 0.6 is 11.3 Å². The molecule has 0 fully saturated rings. The molecule has 3 aromatic heterocycles. The second kappa shape index (κ2) is 6.03. The average Bonchev–Trinajstić information content (AvgIpc) is 3.09. The Hall–Kier alpha value is -1.77. The summed E-state index contributed by atoms with van der Waals surface area (Å²) in [4.78, 5) is 14.5. The zero-order valence-corrected chi connectivity index (χ0v) is 14.5. The smallest absolute Gasteiger partial charge is 0.272 e. The molecule has 7 nitrogen and oxygen atoms in total. The number of nitrogens with zero attached hydrogens (tertiary/aromatic N) is 5. The summed E-state index contributed by atoms with van der Waals surface area (Å²) >= 11 is 1.43. The van der Waals surface area contributed by atoms with E-state index in [0.717, 1.165) is 11.3 Å². The van der Waals surface area contributed by atoms with E-state index in [1.165, 1.54) is 15.9 Å². The Balaban J connectivity index is 2.14. The summed E-state index contributed by atoms with van der Waals surface area (Å²) in [5, 5.41) is 20.1. The predicted molar refractivity (Wildman–Crippen MR) is 90.8 cm³/mol. The van der Waals surface area contributed by atoms with Crippen LogP contribution in [0.3, 0.4) is 0 Å². The molecular weight excluding hydrogens is 314 g/mol. The molecule has 0 bridgehead atoms. The van der Waals surface area contributed by atoms with Crippen molar-refractivity contribution < 1.29 is 5.11 Å². The SMILES string of the molecule is CC(O)CN(Cc1nnc2n(C)c(=O)c3sccc3n12)C(C)C. The summed E-state index contributed by atoms with van der Waals surface area (Å²) in [6, 6.07) is 2.19. The zero-order valence-electron chi connectivity index (χ0n) is 13.7. The van der Waals surface area contributed by atoms with Crippen LogP contribution in [-0.4, -0.2) is 47.9 Å². The first-order valence-corrected chi connectivity index (χ1v) is 8.50. The Kier molecular flexibility index (Phi) is 4.22. The van der Waals surface area contributed by atoms with Crippen LogP contribution in [0.25, 0.3) is 16.0 Å². The van der Waals surface area contributed by atoms with Gasteiger partial charge in [0.15, 0.2) is 5.82 Å². The fourth-order valence-corrected chi connectivity index (χ4v) is 3.59. The van der Waals surface area contributed by atoms with Crippen LogP contribution in [0.2, 0.25) is 0 Å². The number of aliphatic hydroxyl groups is 1. The van der Waals surface area contributed by atoms with E-state index in [0.29, 0.717) is 23.6 Å². The Bertz CT molecular complexity index is 892. The minimum atomic E-state index is -0.415. The predicted octanol–water partition coefficient (Wildman–Crippen LogP) is 1.23. The Labute approximate surface area is 137 Å². The third-order valence-corrected chi connectivity index (χ3v) is 4.86. The molecule has 0 aliphatic heterocycles. The van der Waals surface area contributed by atoms with Gasteiger partial charge in [0.1, 0.15) is 4.70 Å². The summed E-state index contributed by atoms with van der Waals surface area (Å²) in [5.74, 6) is 1.31. The molecule has 0 spiro atoms. The standard InChI is InChI=1S/C15H21N5O2S/c1-9(2)19(7-10(3)21)8-12-16-17-15-18(4)14(22)13-11(20(12)15)5-6-23-13/h5-6,9-10,21H,7-8H2,1-4H3. The lowest BCUT2D eigenvalue weighted by molar-refractivity contribution is 0.101. The quantitative estimate of drug-likeness (QED) is 0.759. The molecule has 3 rings (SSSR count). The molecule has 1 N–H and O–H groups in total. The number of hydrogen-bond acceptors (Lipinski definition) is 6. The maximum Gasteiger partial charge on any atom is 0.272 e. The van der Waals surface area contributed by atoms with Crippen molar-refractivity contribution >= 4 is 27.3 Å².